The summed E-state index contributed by atoms with van der Waals surface area (Å²) in [5.74, 6) is 0.406. The first-order valence-corrected chi connectivity index (χ1v) is 6.09. The number of nitrogen functional groups attached to an aromatic ring is 1. The molecule has 0 atom stereocenters. The largest absolute Gasteiger partial charge is 0.389 e. The van der Waals surface area contributed by atoms with Gasteiger partial charge in [-0.1, -0.05) is 19.9 Å². The molecule has 16 heavy (non-hydrogen) atoms. The molecule has 0 amide bonds. The van der Waals surface area contributed by atoms with Crippen LogP contribution in [0.3, 0.4) is 0 Å². The van der Waals surface area contributed by atoms with Gasteiger partial charge in [-0.05, 0) is 30.0 Å². The van der Waals surface area contributed by atoms with Crippen molar-refractivity contribution >= 4 is 26.4 Å². The molecule has 1 aromatic carbocycles. The van der Waals surface area contributed by atoms with Gasteiger partial charge in [-0.2, -0.15) is 5.26 Å². The number of anilines is 1. The van der Waals surface area contributed by atoms with Crippen LogP contribution in [-0.4, -0.2) is 0 Å². The Labute approximate surface area is 99.3 Å². The molecule has 0 bridgehead atoms. The molecule has 0 radical (unpaired) electrons. The van der Waals surface area contributed by atoms with Crippen molar-refractivity contribution in [3.63, 3.8) is 0 Å². The van der Waals surface area contributed by atoms with Crippen LogP contribution in [0.1, 0.15) is 36.5 Å². The van der Waals surface area contributed by atoms with Crippen molar-refractivity contribution in [3.8, 4) is 6.07 Å². The minimum atomic E-state index is 0.406. The van der Waals surface area contributed by atoms with Crippen molar-refractivity contribution in [2.24, 2.45) is 0 Å². The van der Waals surface area contributed by atoms with E-state index in [1.165, 1.54) is 22.5 Å². The highest BCUT2D eigenvalue weighted by Crippen LogP contribution is 2.38. The minimum Gasteiger partial charge on any atom is -0.389 e. The Morgan fingerprint density at radius 3 is 2.62 bits per heavy atom. The normalized spacial score (nSPS) is 10.9. The first-order valence-electron chi connectivity index (χ1n) is 5.27. The third-order valence-corrected chi connectivity index (χ3v) is 3.69. The molecule has 0 fully saturated rings. The van der Waals surface area contributed by atoms with Crippen LogP contribution in [0.25, 0.3) is 10.1 Å². The van der Waals surface area contributed by atoms with Crippen molar-refractivity contribution < 1.29 is 0 Å². The molecule has 1 aromatic heterocycles. The lowest BCUT2D eigenvalue weighted by Gasteiger charge is -2.09. The first-order chi connectivity index (χ1) is 7.54. The van der Waals surface area contributed by atoms with Crippen LogP contribution in [0.15, 0.2) is 12.1 Å². The van der Waals surface area contributed by atoms with E-state index in [1.807, 2.05) is 0 Å². The van der Waals surface area contributed by atoms with E-state index in [9.17, 15) is 0 Å². The van der Waals surface area contributed by atoms with Gasteiger partial charge in [0.2, 0.25) is 0 Å². The van der Waals surface area contributed by atoms with E-state index in [4.69, 9.17) is 11.0 Å². The lowest BCUT2D eigenvalue weighted by atomic mass is 9.95. The van der Waals surface area contributed by atoms with Gasteiger partial charge in [0.05, 0.1) is 5.56 Å². The van der Waals surface area contributed by atoms with Gasteiger partial charge < -0.3 is 5.73 Å². The summed E-state index contributed by atoms with van der Waals surface area (Å²) in [4.78, 5) is 0. The number of nitrogens with zero attached hydrogens (tertiary/aromatic N) is 1. The van der Waals surface area contributed by atoms with Crippen molar-refractivity contribution in [1.29, 1.82) is 5.26 Å². The van der Waals surface area contributed by atoms with Crippen molar-refractivity contribution in [2.45, 2.75) is 26.7 Å². The Balaban J connectivity index is 2.93. The predicted molar refractivity (Wildman–Crippen MR) is 69.8 cm³/mol. The second kappa shape index (κ2) is 3.80. The second-order valence-electron chi connectivity index (χ2n) is 4.34. The number of aryl methyl sites for hydroxylation is 1. The fourth-order valence-corrected chi connectivity index (χ4v) is 3.04. The molecule has 3 heteroatoms. The highest BCUT2D eigenvalue weighted by molar-refractivity contribution is 7.23. The van der Waals surface area contributed by atoms with Gasteiger partial charge in [-0.3, -0.25) is 0 Å². The van der Waals surface area contributed by atoms with Gasteiger partial charge in [0.15, 0.2) is 0 Å². The Morgan fingerprint density at radius 2 is 2.06 bits per heavy atom. The monoisotopic (exact) mass is 230 g/mol. The molecule has 0 aliphatic carbocycles. The molecule has 0 saturated carbocycles. The Bertz CT molecular complexity index is 588. The predicted octanol–water partition coefficient (Wildman–Crippen LogP) is 3.79. The van der Waals surface area contributed by atoms with Crippen LogP contribution >= 0.6 is 11.3 Å². The SMILES string of the molecule is Cc1cc(C(C)C)c2c(C#N)c(N)sc2c1. The molecule has 0 unspecified atom stereocenters. The standard InChI is InChI=1S/C13H14N2S/c1-7(2)9-4-8(3)5-11-12(9)10(6-14)13(15)16-11/h4-5,7H,15H2,1-3H3. The van der Waals surface area contributed by atoms with Gasteiger partial charge in [0.25, 0.3) is 0 Å². The second-order valence-corrected chi connectivity index (χ2v) is 5.42. The number of rotatable bonds is 1. The molecular weight excluding hydrogens is 216 g/mol. The third-order valence-electron chi connectivity index (χ3n) is 2.73. The molecule has 2 rings (SSSR count). The summed E-state index contributed by atoms with van der Waals surface area (Å²) in [7, 11) is 0. The highest BCUT2D eigenvalue weighted by Gasteiger charge is 2.15. The van der Waals surface area contributed by atoms with Crippen LogP contribution < -0.4 is 5.73 Å². The van der Waals surface area contributed by atoms with E-state index in [-0.39, 0.29) is 0 Å². The zero-order valence-corrected chi connectivity index (χ0v) is 10.5. The highest BCUT2D eigenvalue weighted by atomic mass is 32.1. The number of hydrogen-bond acceptors (Lipinski definition) is 3. The summed E-state index contributed by atoms with van der Waals surface area (Å²) < 4.78 is 1.12. The van der Waals surface area contributed by atoms with Gasteiger partial charge >= 0.3 is 0 Å². The van der Waals surface area contributed by atoms with Crippen LogP contribution in [0.4, 0.5) is 5.00 Å². The molecule has 0 saturated heterocycles. The van der Waals surface area contributed by atoms with E-state index in [1.54, 1.807) is 0 Å². The topological polar surface area (TPSA) is 49.8 Å². The Morgan fingerprint density at radius 1 is 1.38 bits per heavy atom. The maximum atomic E-state index is 9.16. The smallest absolute Gasteiger partial charge is 0.105 e. The number of nitriles is 1. The van der Waals surface area contributed by atoms with E-state index in [0.717, 1.165) is 10.1 Å². The Hall–Kier alpha value is -1.53. The molecule has 0 spiro atoms. The minimum absolute atomic E-state index is 0.406. The first kappa shape index (κ1) is 11.0. The summed E-state index contributed by atoms with van der Waals surface area (Å²) in [5.41, 5.74) is 8.97. The zero-order valence-electron chi connectivity index (χ0n) is 9.66. The van der Waals surface area contributed by atoms with Gasteiger partial charge in [-0.25, -0.2) is 0 Å². The number of benzene rings is 1. The molecule has 0 aliphatic heterocycles. The fourth-order valence-electron chi connectivity index (χ4n) is 1.99. The van der Waals surface area contributed by atoms with Crippen molar-refractivity contribution in [3.05, 3.63) is 28.8 Å². The summed E-state index contributed by atoms with van der Waals surface area (Å²) in [6.07, 6.45) is 0. The molecule has 2 aromatic rings. The zero-order chi connectivity index (χ0) is 11.9. The fraction of sp³-hybridized carbons (Fsp3) is 0.308. The molecular formula is C13H14N2S. The quantitative estimate of drug-likeness (QED) is 0.810. The number of fused-ring (bicyclic) bond motifs is 1. The van der Waals surface area contributed by atoms with Crippen LogP contribution in [0.2, 0.25) is 0 Å². The van der Waals surface area contributed by atoms with Crippen molar-refractivity contribution in [1.82, 2.24) is 0 Å². The van der Waals surface area contributed by atoms with Gasteiger partial charge in [0, 0.05) is 10.1 Å². The average molecular weight is 230 g/mol. The number of nitrogens with two attached hydrogens (primary N) is 1. The van der Waals surface area contributed by atoms with E-state index in [2.05, 4.69) is 39.0 Å². The van der Waals surface area contributed by atoms with Gasteiger partial charge in [-0.15, -0.1) is 11.3 Å². The van der Waals surface area contributed by atoms with Crippen LogP contribution in [0, 0.1) is 18.3 Å². The lowest BCUT2D eigenvalue weighted by Crippen LogP contribution is -1.91. The summed E-state index contributed by atoms with van der Waals surface area (Å²) in [5, 5.41) is 10.8. The van der Waals surface area contributed by atoms with Gasteiger partial charge in [0.1, 0.15) is 11.1 Å². The van der Waals surface area contributed by atoms with E-state index < -0.39 is 0 Å². The summed E-state index contributed by atoms with van der Waals surface area (Å²) in [6.45, 7) is 6.36. The van der Waals surface area contributed by atoms with E-state index >= 15 is 0 Å². The summed E-state index contributed by atoms with van der Waals surface area (Å²) in [6, 6.07) is 6.47. The molecule has 0 aliphatic rings. The maximum absolute atomic E-state index is 9.16. The molecule has 2 N–H and O–H groups in total. The average Bonchev–Trinajstić information content (AvgIpc) is 2.51. The molecule has 2 nitrogen and oxygen atoms in total. The van der Waals surface area contributed by atoms with Crippen LogP contribution in [-0.2, 0) is 0 Å². The van der Waals surface area contributed by atoms with Crippen LogP contribution in [0.5, 0.6) is 0 Å². The molecule has 82 valence electrons. The summed E-state index contributed by atoms with van der Waals surface area (Å²) >= 11 is 1.50. The van der Waals surface area contributed by atoms with E-state index in [0.29, 0.717) is 16.5 Å². The number of hydrogen-bond donors (Lipinski definition) is 1. The number of thiophene rings is 1. The maximum Gasteiger partial charge on any atom is 0.105 e. The van der Waals surface area contributed by atoms with Crippen molar-refractivity contribution in [2.75, 3.05) is 5.73 Å². The lowest BCUT2D eigenvalue weighted by molar-refractivity contribution is 0.875. The molecule has 1 heterocycles. The Kier molecular flexibility index (Phi) is 2.61. The third kappa shape index (κ3) is 1.56.